The molecule has 10 nitrogen and oxygen atoms in total. The molecule has 4 atom stereocenters. The normalized spacial score (nSPS) is 23.7. The van der Waals surface area contributed by atoms with E-state index in [4.69, 9.17) is 9.47 Å². The molecule has 1 aliphatic heterocycles. The molecule has 0 unspecified atom stereocenters. The van der Waals surface area contributed by atoms with E-state index in [0.717, 1.165) is 64.2 Å². The molecule has 0 aromatic heterocycles. The summed E-state index contributed by atoms with van der Waals surface area (Å²) in [6.45, 7) is 2.95. The number of amides is 2. The molecular weight excluding hydrogens is 492 g/mol. The summed E-state index contributed by atoms with van der Waals surface area (Å²) in [7, 11) is 0. The third-order valence-corrected chi connectivity index (χ3v) is 6.76. The van der Waals surface area contributed by atoms with Crippen molar-refractivity contribution in [2.24, 2.45) is 0 Å². The van der Waals surface area contributed by atoms with E-state index in [0.29, 0.717) is 12.8 Å². The first-order valence-corrected chi connectivity index (χ1v) is 14.6. The Morgan fingerprint density at radius 3 is 1.29 bits per heavy atom. The summed E-state index contributed by atoms with van der Waals surface area (Å²) >= 11 is 0. The summed E-state index contributed by atoms with van der Waals surface area (Å²) in [5, 5.41) is 24.4. The number of carbonyl (C=O) groups is 4. The third-order valence-electron chi connectivity index (χ3n) is 6.76. The van der Waals surface area contributed by atoms with Crippen molar-refractivity contribution in [3.63, 3.8) is 0 Å². The average Bonchev–Trinajstić information content (AvgIpc) is 2.88. The minimum Gasteiger partial charge on any atom is -0.460 e. The molecule has 1 heterocycles. The Hall–Kier alpha value is -2.20. The molecule has 0 radical (unpaired) electrons. The molecule has 1 aliphatic rings. The monoisotopic (exact) mass is 542 g/mol. The molecule has 1 fully saturated rings. The lowest BCUT2D eigenvalue weighted by atomic mass is 10.0. The number of hydrogen-bond acceptors (Lipinski definition) is 8. The number of carbonyl (C=O) groups excluding carboxylic acids is 4. The Bertz CT molecular complexity index is 702. The number of cyclic esters (lactones) is 2. The maximum Gasteiger partial charge on any atom is 0.331 e. The lowest BCUT2D eigenvalue weighted by Crippen LogP contribution is -2.49. The highest BCUT2D eigenvalue weighted by Gasteiger charge is 2.31. The summed E-state index contributed by atoms with van der Waals surface area (Å²) in [5.41, 5.74) is 0. The fourth-order valence-electron chi connectivity index (χ4n) is 4.48. The molecule has 0 aromatic carbocycles. The zero-order valence-electron chi connectivity index (χ0n) is 23.4. The van der Waals surface area contributed by atoms with Gasteiger partial charge in [-0.15, -0.1) is 0 Å². The molecule has 4 N–H and O–H groups in total. The maximum absolute atomic E-state index is 12.8. The largest absolute Gasteiger partial charge is 0.460 e. The van der Waals surface area contributed by atoms with Crippen molar-refractivity contribution in [3.8, 4) is 0 Å². The Labute approximate surface area is 227 Å². The molecule has 0 aliphatic carbocycles. The van der Waals surface area contributed by atoms with Crippen LogP contribution in [0.3, 0.4) is 0 Å². The lowest BCUT2D eigenvalue weighted by Gasteiger charge is -2.25. The van der Waals surface area contributed by atoms with Gasteiger partial charge in [0.05, 0.1) is 26.1 Å². The van der Waals surface area contributed by atoms with Gasteiger partial charge in [-0.3, -0.25) is 9.59 Å². The molecule has 0 saturated carbocycles. The number of rotatable bonds is 16. The standard InChI is InChI=1S/C28H50N2O8/c1-3-5-7-9-10-12-14-16-22-18-26(34)30-23(19-31)27(35)37-21(15-13-11-8-6-4-2)17-25(33)29-24(20-32)28(36)38-22/h21-24,31-32H,3-20H2,1-2H3,(H,29,33)(H,30,34)/t21-,22-,23+,24+/m1/s1. The van der Waals surface area contributed by atoms with Crippen LogP contribution in [0.1, 0.15) is 117 Å². The second-order valence-electron chi connectivity index (χ2n) is 10.2. The van der Waals surface area contributed by atoms with E-state index in [1.54, 1.807) is 0 Å². The van der Waals surface area contributed by atoms with E-state index in [2.05, 4.69) is 24.5 Å². The Kier molecular flexibility index (Phi) is 18.4. The first kappa shape index (κ1) is 33.8. The van der Waals surface area contributed by atoms with Crippen LogP contribution in [0.4, 0.5) is 0 Å². The van der Waals surface area contributed by atoms with E-state index in [1.165, 1.54) is 12.8 Å². The zero-order chi connectivity index (χ0) is 28.2. The maximum atomic E-state index is 12.8. The molecule has 2 amide bonds. The highest BCUT2D eigenvalue weighted by atomic mass is 16.6. The highest BCUT2D eigenvalue weighted by Crippen LogP contribution is 2.17. The number of esters is 2. The molecule has 10 heteroatoms. The van der Waals surface area contributed by atoms with Gasteiger partial charge in [-0.05, 0) is 25.7 Å². The summed E-state index contributed by atoms with van der Waals surface area (Å²) in [5.74, 6) is -2.74. The molecule has 0 bridgehead atoms. The minimum absolute atomic E-state index is 0.210. The second kappa shape index (κ2) is 20.7. The first-order chi connectivity index (χ1) is 18.3. The van der Waals surface area contributed by atoms with Crippen molar-refractivity contribution in [1.29, 1.82) is 0 Å². The highest BCUT2D eigenvalue weighted by molar-refractivity contribution is 5.87. The van der Waals surface area contributed by atoms with Crippen LogP contribution in [0.25, 0.3) is 0 Å². The van der Waals surface area contributed by atoms with Gasteiger partial charge < -0.3 is 30.3 Å². The number of ether oxygens (including phenoxy) is 2. The van der Waals surface area contributed by atoms with E-state index in [9.17, 15) is 29.4 Å². The molecule has 220 valence electrons. The summed E-state index contributed by atoms with van der Waals surface area (Å²) in [6.07, 6.45) is 11.0. The van der Waals surface area contributed by atoms with E-state index >= 15 is 0 Å². The topological polar surface area (TPSA) is 151 Å². The summed E-state index contributed by atoms with van der Waals surface area (Å²) in [4.78, 5) is 50.9. The Morgan fingerprint density at radius 1 is 0.605 bits per heavy atom. The smallest absolute Gasteiger partial charge is 0.331 e. The summed E-state index contributed by atoms with van der Waals surface area (Å²) < 4.78 is 11.0. The predicted octanol–water partition coefficient (Wildman–Crippen LogP) is 3.06. The van der Waals surface area contributed by atoms with Gasteiger partial charge in [-0.1, -0.05) is 78.1 Å². The van der Waals surface area contributed by atoms with Crippen molar-refractivity contribution in [3.05, 3.63) is 0 Å². The van der Waals surface area contributed by atoms with Gasteiger partial charge in [-0.2, -0.15) is 0 Å². The van der Waals surface area contributed by atoms with E-state index in [-0.39, 0.29) is 12.8 Å². The van der Waals surface area contributed by atoms with E-state index in [1.807, 2.05) is 0 Å². The molecule has 0 spiro atoms. The van der Waals surface area contributed by atoms with Gasteiger partial charge in [-0.25, -0.2) is 9.59 Å². The fraction of sp³-hybridized carbons (Fsp3) is 0.857. The average molecular weight is 543 g/mol. The van der Waals surface area contributed by atoms with Crippen LogP contribution in [0.5, 0.6) is 0 Å². The number of unbranched alkanes of at least 4 members (excludes halogenated alkanes) is 10. The Morgan fingerprint density at radius 2 is 0.947 bits per heavy atom. The number of nitrogens with one attached hydrogen (secondary N) is 2. The quantitative estimate of drug-likeness (QED) is 0.172. The zero-order valence-corrected chi connectivity index (χ0v) is 23.4. The third kappa shape index (κ3) is 14.7. The Balaban J connectivity index is 2.89. The van der Waals surface area contributed by atoms with Crippen LogP contribution in [-0.2, 0) is 28.7 Å². The van der Waals surface area contributed by atoms with Gasteiger partial charge in [0.2, 0.25) is 11.8 Å². The van der Waals surface area contributed by atoms with Crippen LogP contribution in [-0.4, -0.2) is 71.5 Å². The van der Waals surface area contributed by atoms with Gasteiger partial charge in [0.25, 0.3) is 0 Å². The first-order valence-electron chi connectivity index (χ1n) is 14.6. The van der Waals surface area contributed by atoms with Crippen LogP contribution in [0.15, 0.2) is 0 Å². The van der Waals surface area contributed by atoms with Crippen LogP contribution >= 0.6 is 0 Å². The number of aliphatic hydroxyl groups excluding tert-OH is 2. The summed E-state index contributed by atoms with van der Waals surface area (Å²) in [6, 6.07) is -2.56. The molecule has 1 rings (SSSR count). The number of aliphatic hydroxyl groups is 2. The van der Waals surface area contributed by atoms with Crippen LogP contribution in [0.2, 0.25) is 0 Å². The minimum atomic E-state index is -1.28. The molecule has 1 saturated heterocycles. The van der Waals surface area contributed by atoms with Gasteiger partial charge >= 0.3 is 11.9 Å². The van der Waals surface area contributed by atoms with Gasteiger partial charge in [0.1, 0.15) is 12.2 Å². The molecular formula is C28H50N2O8. The van der Waals surface area contributed by atoms with Crippen molar-refractivity contribution < 1.29 is 38.9 Å². The van der Waals surface area contributed by atoms with Crippen molar-refractivity contribution in [2.45, 2.75) is 141 Å². The van der Waals surface area contributed by atoms with Gasteiger partial charge in [0.15, 0.2) is 12.1 Å². The fourth-order valence-corrected chi connectivity index (χ4v) is 4.48. The predicted molar refractivity (Wildman–Crippen MR) is 143 cm³/mol. The van der Waals surface area contributed by atoms with Crippen molar-refractivity contribution >= 4 is 23.8 Å². The lowest BCUT2D eigenvalue weighted by molar-refractivity contribution is -0.160. The second-order valence-corrected chi connectivity index (χ2v) is 10.2. The van der Waals surface area contributed by atoms with Crippen LogP contribution in [0, 0.1) is 0 Å². The van der Waals surface area contributed by atoms with Gasteiger partial charge in [0, 0.05) is 0 Å². The van der Waals surface area contributed by atoms with E-state index < -0.39 is 61.3 Å². The SMILES string of the molecule is CCCCCCCCC[C@@H]1CC(=O)N[C@@H](CO)C(=O)O[C@H](CCCCCCC)CC(=O)N[C@@H](CO)C(=O)O1. The van der Waals surface area contributed by atoms with Crippen molar-refractivity contribution in [2.75, 3.05) is 13.2 Å². The number of hydrogen-bond donors (Lipinski definition) is 4. The molecule has 38 heavy (non-hydrogen) atoms. The van der Waals surface area contributed by atoms with Crippen molar-refractivity contribution in [1.82, 2.24) is 10.6 Å². The van der Waals surface area contributed by atoms with Crippen LogP contribution < -0.4 is 10.6 Å². The molecule has 0 aromatic rings.